The van der Waals surface area contributed by atoms with E-state index in [-0.39, 0.29) is 16.0 Å². The molecule has 9 heteroatoms. The Morgan fingerprint density at radius 3 is 2.39 bits per heavy atom. The molecule has 3 rings (SSSR count). The molecule has 2 amide bonds. The molecule has 0 saturated carbocycles. The Balaban J connectivity index is 1.96. The number of benzene rings is 2. The number of hydrogen-bond donors (Lipinski definition) is 1. The van der Waals surface area contributed by atoms with Crippen molar-refractivity contribution in [2.24, 2.45) is 5.73 Å². The summed E-state index contributed by atoms with van der Waals surface area (Å²) in [6.45, 7) is 2.57. The van der Waals surface area contributed by atoms with E-state index in [9.17, 15) is 22.4 Å². The molecule has 0 radical (unpaired) electrons. The number of nitrogens with zero attached hydrogens (tertiary/aromatic N) is 2. The number of halogens is 1. The topological polar surface area (TPSA) is 101 Å². The van der Waals surface area contributed by atoms with Crippen LogP contribution in [0.1, 0.15) is 46.8 Å². The molecular formula is C22H26FN3O4S. The van der Waals surface area contributed by atoms with Crippen LogP contribution in [-0.2, 0) is 14.8 Å². The van der Waals surface area contributed by atoms with Gasteiger partial charge in [0.15, 0.2) is 0 Å². The molecule has 1 unspecified atom stereocenters. The summed E-state index contributed by atoms with van der Waals surface area (Å²) in [7, 11) is -2.37. The van der Waals surface area contributed by atoms with E-state index in [2.05, 4.69) is 0 Å². The Morgan fingerprint density at radius 1 is 1.10 bits per heavy atom. The molecule has 2 aromatic rings. The third-order valence-corrected chi connectivity index (χ3v) is 7.55. The Bertz CT molecular complexity index is 1100. The van der Waals surface area contributed by atoms with Gasteiger partial charge in [-0.25, -0.2) is 12.8 Å². The lowest BCUT2D eigenvalue weighted by Gasteiger charge is -2.28. The van der Waals surface area contributed by atoms with Crippen molar-refractivity contribution in [3.63, 3.8) is 0 Å². The van der Waals surface area contributed by atoms with Crippen molar-refractivity contribution < 1.29 is 22.4 Å². The molecule has 1 aliphatic rings. The molecule has 1 saturated heterocycles. The molecular weight excluding hydrogens is 421 g/mol. The van der Waals surface area contributed by atoms with Gasteiger partial charge in [-0.15, -0.1) is 0 Å². The number of carbonyl (C=O) groups is 2. The van der Waals surface area contributed by atoms with Crippen molar-refractivity contribution >= 4 is 21.8 Å². The number of nitrogens with two attached hydrogens (primary N) is 1. The van der Waals surface area contributed by atoms with E-state index >= 15 is 0 Å². The SMILES string of the molecule is Cc1ccc(C(=O)N(C)C(C(N)=O)c2cccc(F)c2)cc1S(=O)(=O)N1CCCCC1. The molecule has 1 heterocycles. The van der Waals surface area contributed by atoms with Gasteiger partial charge in [0.05, 0.1) is 4.90 Å². The molecule has 0 spiro atoms. The summed E-state index contributed by atoms with van der Waals surface area (Å²) < 4.78 is 41.4. The van der Waals surface area contributed by atoms with Crippen LogP contribution in [0.3, 0.4) is 0 Å². The standard InChI is InChI=1S/C22H26FN3O4S/c1-15-9-10-17(14-19(15)31(29,30)26-11-4-3-5-12-26)22(28)25(2)20(21(24)27)16-7-6-8-18(23)13-16/h6-10,13-14,20H,3-5,11-12H2,1-2H3,(H2,24,27). The minimum Gasteiger partial charge on any atom is -0.368 e. The predicted molar refractivity (Wildman–Crippen MR) is 114 cm³/mol. The van der Waals surface area contributed by atoms with Gasteiger partial charge in [-0.2, -0.15) is 4.31 Å². The Morgan fingerprint density at radius 2 is 1.77 bits per heavy atom. The molecule has 1 atom stereocenters. The average Bonchev–Trinajstić information content (AvgIpc) is 2.74. The molecule has 0 aromatic heterocycles. The van der Waals surface area contributed by atoms with Crippen LogP contribution in [0.4, 0.5) is 4.39 Å². The van der Waals surface area contributed by atoms with Gasteiger partial charge < -0.3 is 10.6 Å². The Labute approximate surface area is 181 Å². The fraction of sp³-hybridized carbons (Fsp3) is 0.364. The molecule has 7 nitrogen and oxygen atoms in total. The van der Waals surface area contributed by atoms with Crippen LogP contribution >= 0.6 is 0 Å². The van der Waals surface area contributed by atoms with Gasteiger partial charge >= 0.3 is 0 Å². The van der Waals surface area contributed by atoms with E-state index in [0.29, 0.717) is 18.7 Å². The van der Waals surface area contributed by atoms with Crippen molar-refractivity contribution in [1.29, 1.82) is 0 Å². The molecule has 1 aliphatic heterocycles. The van der Waals surface area contributed by atoms with Gasteiger partial charge in [0, 0.05) is 25.7 Å². The molecule has 166 valence electrons. The summed E-state index contributed by atoms with van der Waals surface area (Å²) >= 11 is 0. The van der Waals surface area contributed by atoms with Gasteiger partial charge in [-0.1, -0.05) is 24.6 Å². The van der Waals surface area contributed by atoms with E-state index in [0.717, 1.165) is 30.2 Å². The maximum absolute atomic E-state index is 13.7. The van der Waals surface area contributed by atoms with E-state index in [1.54, 1.807) is 13.0 Å². The monoisotopic (exact) mass is 447 g/mol. The van der Waals surface area contributed by atoms with Crippen molar-refractivity contribution in [2.75, 3.05) is 20.1 Å². The van der Waals surface area contributed by atoms with Gasteiger partial charge in [0.2, 0.25) is 15.9 Å². The highest BCUT2D eigenvalue weighted by molar-refractivity contribution is 7.89. The summed E-state index contributed by atoms with van der Waals surface area (Å²) in [5.41, 5.74) is 6.36. The molecule has 1 fully saturated rings. The second-order valence-electron chi connectivity index (χ2n) is 7.72. The van der Waals surface area contributed by atoms with Crippen LogP contribution in [0.5, 0.6) is 0 Å². The number of aryl methyl sites for hydroxylation is 1. The first-order chi connectivity index (χ1) is 14.6. The fourth-order valence-corrected chi connectivity index (χ4v) is 5.60. The van der Waals surface area contributed by atoms with Crippen LogP contribution in [0.25, 0.3) is 0 Å². The van der Waals surface area contributed by atoms with Gasteiger partial charge in [-0.05, 0) is 55.2 Å². The highest BCUT2D eigenvalue weighted by Crippen LogP contribution is 2.27. The summed E-state index contributed by atoms with van der Waals surface area (Å²) in [6, 6.07) is 8.50. The number of rotatable bonds is 6. The first-order valence-corrected chi connectivity index (χ1v) is 11.5. The second-order valence-corrected chi connectivity index (χ2v) is 9.63. The van der Waals surface area contributed by atoms with Crippen LogP contribution < -0.4 is 5.73 Å². The van der Waals surface area contributed by atoms with Crippen LogP contribution in [0.15, 0.2) is 47.4 Å². The van der Waals surface area contributed by atoms with Crippen molar-refractivity contribution in [3.05, 3.63) is 65.0 Å². The number of piperidine rings is 1. The van der Waals surface area contributed by atoms with Crippen molar-refractivity contribution in [1.82, 2.24) is 9.21 Å². The zero-order valence-corrected chi connectivity index (χ0v) is 18.4. The summed E-state index contributed by atoms with van der Waals surface area (Å²) in [6.07, 6.45) is 2.59. The minimum absolute atomic E-state index is 0.0648. The van der Waals surface area contributed by atoms with E-state index < -0.39 is 33.7 Å². The fourth-order valence-electron chi connectivity index (χ4n) is 3.83. The summed E-state index contributed by atoms with van der Waals surface area (Å²) in [4.78, 5) is 26.4. The van der Waals surface area contributed by atoms with Gasteiger partial charge in [0.25, 0.3) is 5.91 Å². The van der Waals surface area contributed by atoms with Crippen LogP contribution in [-0.4, -0.2) is 49.6 Å². The number of likely N-dealkylation sites (N-methyl/N-ethyl adjacent to an activating group) is 1. The zero-order valence-electron chi connectivity index (χ0n) is 17.5. The van der Waals surface area contributed by atoms with Crippen LogP contribution in [0, 0.1) is 12.7 Å². The highest BCUT2D eigenvalue weighted by Gasteiger charge is 2.31. The number of carbonyl (C=O) groups excluding carboxylic acids is 2. The zero-order chi connectivity index (χ0) is 22.8. The average molecular weight is 448 g/mol. The molecule has 0 bridgehead atoms. The summed E-state index contributed by atoms with van der Waals surface area (Å²) in [5.74, 6) is -1.98. The molecule has 2 N–H and O–H groups in total. The maximum atomic E-state index is 13.7. The predicted octanol–water partition coefficient (Wildman–Crippen LogP) is 2.61. The Kier molecular flexibility index (Phi) is 6.76. The number of amides is 2. The van der Waals surface area contributed by atoms with Crippen molar-refractivity contribution in [3.8, 4) is 0 Å². The smallest absolute Gasteiger partial charge is 0.254 e. The number of sulfonamides is 1. The second kappa shape index (κ2) is 9.15. The van der Waals surface area contributed by atoms with Crippen LogP contribution in [0.2, 0.25) is 0 Å². The van der Waals surface area contributed by atoms with Gasteiger partial charge in [0.1, 0.15) is 11.9 Å². The van der Waals surface area contributed by atoms with Crippen molar-refractivity contribution in [2.45, 2.75) is 37.1 Å². The quantitative estimate of drug-likeness (QED) is 0.736. The van der Waals surface area contributed by atoms with E-state index in [1.165, 1.54) is 41.7 Å². The third kappa shape index (κ3) is 4.77. The highest BCUT2D eigenvalue weighted by atomic mass is 32.2. The lowest BCUT2D eigenvalue weighted by atomic mass is 10.0. The Hall–Kier alpha value is -2.78. The third-order valence-electron chi connectivity index (χ3n) is 5.51. The summed E-state index contributed by atoms with van der Waals surface area (Å²) in [5, 5.41) is 0. The lowest BCUT2D eigenvalue weighted by molar-refractivity contribution is -0.122. The lowest BCUT2D eigenvalue weighted by Crippen LogP contribution is -2.39. The van der Waals surface area contributed by atoms with E-state index in [1.807, 2.05) is 0 Å². The first kappa shape index (κ1) is 22.9. The minimum atomic E-state index is -3.75. The maximum Gasteiger partial charge on any atom is 0.254 e. The van der Waals surface area contributed by atoms with Gasteiger partial charge in [-0.3, -0.25) is 9.59 Å². The molecule has 0 aliphatic carbocycles. The molecule has 2 aromatic carbocycles. The normalized spacial score (nSPS) is 16.0. The largest absolute Gasteiger partial charge is 0.368 e. The molecule has 31 heavy (non-hydrogen) atoms. The number of primary amides is 1. The van der Waals surface area contributed by atoms with E-state index in [4.69, 9.17) is 5.73 Å². The first-order valence-electron chi connectivity index (χ1n) is 10.1. The number of hydrogen-bond acceptors (Lipinski definition) is 4.